The first-order chi connectivity index (χ1) is 23.1. The van der Waals surface area contributed by atoms with Crippen LogP contribution in [0.25, 0.3) is 0 Å². The van der Waals surface area contributed by atoms with Crippen LogP contribution in [0.3, 0.4) is 0 Å². The van der Waals surface area contributed by atoms with Crippen molar-refractivity contribution in [3.63, 3.8) is 0 Å². The number of likely N-dealkylation sites (N-methyl/N-ethyl adjacent to an activating group) is 1. The normalized spacial score (nSPS) is 16.4. The maximum Gasteiger partial charge on any atom is 0.321 e. The summed E-state index contributed by atoms with van der Waals surface area (Å²) in [6.45, 7) is 3.97. The number of fused-ring (bicyclic) bond motifs is 1. The summed E-state index contributed by atoms with van der Waals surface area (Å²) < 4.78 is 6.51. The smallest absolute Gasteiger partial charge is 0.321 e. The first-order valence-electron chi connectivity index (χ1n) is 16.3. The van der Waals surface area contributed by atoms with Crippen LogP contribution in [0.4, 0.5) is 27.5 Å². The minimum atomic E-state index is -0.549. The summed E-state index contributed by atoms with van der Waals surface area (Å²) in [5.74, 6) is -0.733. The van der Waals surface area contributed by atoms with Crippen molar-refractivity contribution in [1.82, 2.24) is 9.80 Å². The molecular weight excluding hydrogens is 612 g/mol. The zero-order valence-electron chi connectivity index (χ0n) is 27.8. The van der Waals surface area contributed by atoms with E-state index in [1.54, 1.807) is 73.5 Å². The van der Waals surface area contributed by atoms with E-state index in [0.717, 1.165) is 0 Å². The lowest BCUT2D eigenvalue weighted by molar-refractivity contribution is -0.116. The second-order valence-corrected chi connectivity index (χ2v) is 12.2. The molecule has 4 rings (SSSR count). The SMILES string of the molecule is C[C@H]1CN([C@@H](C)CO)C(=O)c2cccc(NC(=O)CCCCCC(=O)Nc3ccccc3N)c2O[C@H]1CN(C)C(=O)Nc1ccccc1. The lowest BCUT2D eigenvalue weighted by Crippen LogP contribution is -2.50. The molecule has 256 valence electrons. The number of carbonyl (C=O) groups is 4. The Morgan fingerprint density at radius 2 is 1.54 bits per heavy atom. The second kappa shape index (κ2) is 17.2. The zero-order valence-corrected chi connectivity index (χ0v) is 27.8. The summed E-state index contributed by atoms with van der Waals surface area (Å²) in [5, 5.41) is 18.5. The van der Waals surface area contributed by atoms with E-state index in [2.05, 4.69) is 16.0 Å². The van der Waals surface area contributed by atoms with Gasteiger partial charge >= 0.3 is 6.03 Å². The third-order valence-electron chi connectivity index (χ3n) is 8.33. The monoisotopic (exact) mass is 658 g/mol. The van der Waals surface area contributed by atoms with Crippen molar-refractivity contribution in [2.24, 2.45) is 5.92 Å². The lowest BCUT2D eigenvalue weighted by atomic mass is 9.99. The first-order valence-corrected chi connectivity index (χ1v) is 16.3. The molecule has 5 amide bonds. The van der Waals surface area contributed by atoms with Gasteiger partial charge in [-0.05, 0) is 56.2 Å². The molecule has 0 unspecified atom stereocenters. The molecule has 3 aromatic rings. The number of carbonyl (C=O) groups excluding carboxylic acids is 4. The molecule has 12 heteroatoms. The average Bonchev–Trinajstić information content (AvgIpc) is 3.07. The van der Waals surface area contributed by atoms with Crippen LogP contribution in [0, 0.1) is 5.92 Å². The number of rotatable bonds is 13. The van der Waals surface area contributed by atoms with Crippen molar-refractivity contribution < 1.29 is 29.0 Å². The molecule has 3 atom stereocenters. The Bertz CT molecular complexity index is 1570. The van der Waals surface area contributed by atoms with Crippen molar-refractivity contribution in [2.45, 2.75) is 58.1 Å². The summed E-state index contributed by atoms with van der Waals surface area (Å²) >= 11 is 0. The van der Waals surface area contributed by atoms with E-state index in [0.29, 0.717) is 55.0 Å². The summed E-state index contributed by atoms with van der Waals surface area (Å²) in [4.78, 5) is 55.3. The Hall–Kier alpha value is -5.10. The highest BCUT2D eigenvalue weighted by molar-refractivity contribution is 6.01. The van der Waals surface area contributed by atoms with Gasteiger partial charge in [0.1, 0.15) is 6.10 Å². The fraction of sp³-hybridized carbons (Fsp3) is 0.389. The topological polar surface area (TPSA) is 166 Å². The van der Waals surface area contributed by atoms with E-state index in [1.807, 2.05) is 25.1 Å². The second-order valence-electron chi connectivity index (χ2n) is 12.2. The third kappa shape index (κ3) is 9.71. The number of aliphatic hydroxyl groups excluding tert-OH is 1. The van der Waals surface area contributed by atoms with Gasteiger partial charge in [0.05, 0.1) is 41.8 Å². The number of nitrogens with two attached hydrogens (primary N) is 1. The number of aliphatic hydroxyl groups is 1. The molecule has 0 saturated heterocycles. The predicted molar refractivity (Wildman–Crippen MR) is 187 cm³/mol. The number of nitrogen functional groups attached to an aromatic ring is 1. The van der Waals surface area contributed by atoms with Gasteiger partial charge in [-0.2, -0.15) is 0 Å². The van der Waals surface area contributed by atoms with Crippen LogP contribution in [0.15, 0.2) is 72.8 Å². The van der Waals surface area contributed by atoms with Gasteiger partial charge in [-0.25, -0.2) is 4.79 Å². The van der Waals surface area contributed by atoms with E-state index in [-0.39, 0.29) is 60.6 Å². The Morgan fingerprint density at radius 3 is 2.21 bits per heavy atom. The number of anilines is 4. The Morgan fingerprint density at radius 1 is 0.917 bits per heavy atom. The van der Waals surface area contributed by atoms with Gasteiger partial charge < -0.3 is 41.3 Å². The maximum atomic E-state index is 13.8. The minimum Gasteiger partial charge on any atom is -0.485 e. The van der Waals surface area contributed by atoms with Gasteiger partial charge in [-0.1, -0.05) is 49.7 Å². The summed E-state index contributed by atoms with van der Waals surface area (Å²) in [7, 11) is 1.67. The van der Waals surface area contributed by atoms with E-state index < -0.39 is 12.1 Å². The van der Waals surface area contributed by atoms with Crippen LogP contribution >= 0.6 is 0 Å². The van der Waals surface area contributed by atoms with Crippen molar-refractivity contribution in [2.75, 3.05) is 48.4 Å². The number of urea groups is 1. The van der Waals surface area contributed by atoms with Gasteiger partial charge in [0.15, 0.2) is 5.75 Å². The molecule has 3 aromatic carbocycles. The number of hydrogen-bond donors (Lipinski definition) is 5. The molecule has 0 aromatic heterocycles. The highest BCUT2D eigenvalue weighted by atomic mass is 16.5. The molecule has 0 radical (unpaired) electrons. The number of para-hydroxylation sites is 4. The number of unbranched alkanes of at least 4 members (excludes halogenated alkanes) is 2. The van der Waals surface area contributed by atoms with Gasteiger partial charge in [-0.15, -0.1) is 0 Å². The lowest BCUT2D eigenvalue weighted by Gasteiger charge is -2.38. The van der Waals surface area contributed by atoms with Crippen molar-refractivity contribution in [3.8, 4) is 5.75 Å². The van der Waals surface area contributed by atoms with E-state index in [1.165, 1.54) is 4.90 Å². The van der Waals surface area contributed by atoms with Gasteiger partial charge in [0, 0.05) is 38.0 Å². The fourth-order valence-electron chi connectivity index (χ4n) is 5.44. The van der Waals surface area contributed by atoms with E-state index in [4.69, 9.17) is 10.5 Å². The summed E-state index contributed by atoms with van der Waals surface area (Å²) in [6, 6.07) is 20.4. The molecule has 12 nitrogen and oxygen atoms in total. The molecule has 48 heavy (non-hydrogen) atoms. The molecule has 0 spiro atoms. The number of nitrogens with one attached hydrogen (secondary N) is 3. The fourth-order valence-corrected chi connectivity index (χ4v) is 5.44. The Balaban J connectivity index is 1.42. The van der Waals surface area contributed by atoms with E-state index in [9.17, 15) is 24.3 Å². The number of amides is 5. The van der Waals surface area contributed by atoms with Crippen LogP contribution in [0.1, 0.15) is 56.3 Å². The Kier molecular flexibility index (Phi) is 12.8. The third-order valence-corrected chi connectivity index (χ3v) is 8.33. The highest BCUT2D eigenvalue weighted by Crippen LogP contribution is 2.35. The van der Waals surface area contributed by atoms with E-state index >= 15 is 0 Å². The van der Waals surface area contributed by atoms with Crippen LogP contribution in [0.2, 0.25) is 0 Å². The van der Waals surface area contributed by atoms with Crippen molar-refractivity contribution >= 4 is 46.5 Å². The molecule has 0 saturated carbocycles. The van der Waals surface area contributed by atoms with Gasteiger partial charge in [-0.3, -0.25) is 14.4 Å². The summed E-state index contributed by atoms with van der Waals surface area (Å²) in [5.41, 5.74) is 8.23. The standard InChI is InChI=1S/C36H46N6O6/c1-24-21-42(25(2)23-43)35(46)27-15-12-18-30(34(27)48-31(24)22-41(3)36(47)38-26-13-6-4-7-14-26)40-33(45)20-9-5-8-19-32(44)39-29-17-11-10-16-28(29)37/h4,6-7,10-18,24-25,31,43H,5,8-9,19-23,37H2,1-3H3,(H,38,47)(H,39,44)(H,40,45)/t24-,25-,31-/m0/s1. The number of benzene rings is 3. The predicted octanol–water partition coefficient (Wildman–Crippen LogP) is 5.18. The average molecular weight is 659 g/mol. The molecule has 1 aliphatic rings. The highest BCUT2D eigenvalue weighted by Gasteiger charge is 2.35. The molecule has 6 N–H and O–H groups in total. The number of hydrogen-bond acceptors (Lipinski definition) is 7. The van der Waals surface area contributed by atoms with Gasteiger partial charge in [0.25, 0.3) is 5.91 Å². The first kappa shape index (κ1) is 35.7. The van der Waals surface area contributed by atoms with Crippen LogP contribution in [-0.4, -0.2) is 77.5 Å². The molecule has 0 aliphatic carbocycles. The number of nitrogens with zero attached hydrogens (tertiary/aromatic N) is 2. The largest absolute Gasteiger partial charge is 0.485 e. The van der Waals surface area contributed by atoms with Crippen molar-refractivity contribution in [3.05, 3.63) is 78.4 Å². The zero-order chi connectivity index (χ0) is 34.6. The van der Waals surface area contributed by atoms with Crippen LogP contribution in [0.5, 0.6) is 5.75 Å². The maximum absolute atomic E-state index is 13.8. The Labute approximate surface area is 281 Å². The molecule has 0 fully saturated rings. The molecular formula is C36H46N6O6. The minimum absolute atomic E-state index is 0.140. The van der Waals surface area contributed by atoms with Crippen molar-refractivity contribution in [1.29, 1.82) is 0 Å². The van der Waals surface area contributed by atoms with Crippen LogP contribution < -0.4 is 26.4 Å². The summed E-state index contributed by atoms with van der Waals surface area (Å²) in [6.07, 6.45) is 1.79. The number of ether oxygens (including phenoxy) is 1. The quantitative estimate of drug-likeness (QED) is 0.125. The van der Waals surface area contributed by atoms with Crippen LogP contribution in [-0.2, 0) is 9.59 Å². The molecule has 1 aliphatic heterocycles. The molecule has 1 heterocycles. The molecule has 0 bridgehead atoms. The van der Waals surface area contributed by atoms with Gasteiger partial charge in [0.2, 0.25) is 11.8 Å².